The number of pyridine rings is 1. The first-order chi connectivity index (χ1) is 12.4. The molecule has 0 bridgehead atoms. The van der Waals surface area contributed by atoms with Crippen molar-refractivity contribution in [3.05, 3.63) is 35.5 Å². The summed E-state index contributed by atoms with van der Waals surface area (Å²) in [6, 6.07) is 3.65. The van der Waals surface area contributed by atoms with Gasteiger partial charge in [0.05, 0.1) is 43.2 Å². The second-order valence-corrected chi connectivity index (χ2v) is 5.23. The normalized spacial score (nSPS) is 11.6. The number of aromatic nitrogens is 1. The number of esters is 1. The smallest absolute Gasteiger partial charge is 0.418 e. The maximum atomic E-state index is 13.2. The van der Waals surface area contributed by atoms with Crippen molar-refractivity contribution >= 4 is 22.6 Å². The minimum Gasteiger partial charge on any atom is -0.462 e. The van der Waals surface area contributed by atoms with Crippen LogP contribution in [-0.4, -0.2) is 49.0 Å². The molecule has 0 spiro atoms. The molecule has 0 fully saturated rings. The quantitative estimate of drug-likeness (QED) is 0.548. The minimum atomic E-state index is -4.57. The number of fused-ring (bicyclic) bond motifs is 1. The summed E-state index contributed by atoms with van der Waals surface area (Å²) in [6.45, 7) is 2.18. The van der Waals surface area contributed by atoms with Gasteiger partial charge in [0.15, 0.2) is 0 Å². The average Bonchev–Trinajstić information content (AvgIpc) is 2.60. The lowest BCUT2D eigenvalue weighted by Crippen LogP contribution is -2.16. The van der Waals surface area contributed by atoms with Gasteiger partial charge in [-0.25, -0.2) is 4.79 Å². The van der Waals surface area contributed by atoms with E-state index in [0.29, 0.717) is 0 Å². The molecule has 0 radical (unpaired) electrons. The highest BCUT2D eigenvalue weighted by Gasteiger charge is 2.34. The maximum absolute atomic E-state index is 13.2. The molecule has 2 aromatic rings. The maximum Gasteiger partial charge on any atom is 0.418 e. The monoisotopic (exact) mass is 372 g/mol. The fourth-order valence-electron chi connectivity index (χ4n) is 2.42. The molecule has 0 saturated carbocycles. The summed E-state index contributed by atoms with van der Waals surface area (Å²) < 4.78 is 49.7. The fraction of sp³-hybridized carbons (Fsp3) is 0.412. The van der Waals surface area contributed by atoms with Crippen LogP contribution in [0.15, 0.2) is 24.4 Å². The molecule has 6 nitrogen and oxygen atoms in total. The molecule has 2 N–H and O–H groups in total. The third-order valence-electron chi connectivity index (χ3n) is 3.48. The van der Waals surface area contributed by atoms with Crippen LogP contribution in [0.4, 0.5) is 18.9 Å². The van der Waals surface area contributed by atoms with Crippen LogP contribution in [0.1, 0.15) is 22.8 Å². The number of alkyl halides is 3. The Kier molecular flexibility index (Phi) is 6.76. The number of nitrogens with one attached hydrogen (secondary N) is 1. The number of aliphatic hydroxyl groups is 1. The van der Waals surface area contributed by atoms with Crippen LogP contribution >= 0.6 is 0 Å². The van der Waals surface area contributed by atoms with Gasteiger partial charge >= 0.3 is 12.1 Å². The van der Waals surface area contributed by atoms with Crippen LogP contribution in [0.2, 0.25) is 0 Å². The Morgan fingerprint density at radius 1 is 1.31 bits per heavy atom. The molecule has 0 aliphatic carbocycles. The molecule has 9 heteroatoms. The predicted molar refractivity (Wildman–Crippen MR) is 89.1 cm³/mol. The van der Waals surface area contributed by atoms with Gasteiger partial charge in [0.1, 0.15) is 5.56 Å². The fourth-order valence-corrected chi connectivity index (χ4v) is 2.42. The first-order valence-corrected chi connectivity index (χ1v) is 7.98. The number of hydrogen-bond donors (Lipinski definition) is 2. The Balaban J connectivity index is 2.47. The summed E-state index contributed by atoms with van der Waals surface area (Å²) in [5.41, 5.74) is -0.898. The highest BCUT2D eigenvalue weighted by atomic mass is 19.4. The van der Waals surface area contributed by atoms with Crippen molar-refractivity contribution in [2.45, 2.75) is 13.1 Å². The zero-order chi connectivity index (χ0) is 19.2. The number of para-hydroxylation sites is 1. The lowest BCUT2D eigenvalue weighted by Gasteiger charge is -2.16. The molecule has 26 heavy (non-hydrogen) atoms. The predicted octanol–water partition coefficient (Wildman–Crippen LogP) is 2.85. The number of rotatable bonds is 8. The average molecular weight is 372 g/mol. The Morgan fingerprint density at radius 3 is 2.73 bits per heavy atom. The molecule has 0 unspecified atom stereocenters. The number of ether oxygens (including phenoxy) is 2. The number of hydrogen-bond acceptors (Lipinski definition) is 6. The first-order valence-electron chi connectivity index (χ1n) is 7.98. The third-order valence-corrected chi connectivity index (χ3v) is 3.48. The van der Waals surface area contributed by atoms with Crippen molar-refractivity contribution in [3.63, 3.8) is 0 Å². The van der Waals surface area contributed by atoms with Crippen LogP contribution in [-0.2, 0) is 15.7 Å². The largest absolute Gasteiger partial charge is 0.462 e. The van der Waals surface area contributed by atoms with E-state index in [1.54, 1.807) is 6.92 Å². The molecule has 0 aliphatic heterocycles. The van der Waals surface area contributed by atoms with Gasteiger partial charge in [-0.2, -0.15) is 13.2 Å². The van der Waals surface area contributed by atoms with Crippen LogP contribution in [0.5, 0.6) is 0 Å². The summed E-state index contributed by atoms with van der Waals surface area (Å²) in [6.07, 6.45) is -3.49. The van der Waals surface area contributed by atoms with Crippen molar-refractivity contribution in [3.8, 4) is 0 Å². The topological polar surface area (TPSA) is 80.7 Å². The van der Waals surface area contributed by atoms with E-state index in [-0.39, 0.29) is 55.1 Å². The second-order valence-electron chi connectivity index (χ2n) is 5.23. The van der Waals surface area contributed by atoms with Crippen molar-refractivity contribution in [2.75, 3.05) is 38.3 Å². The SMILES string of the molecule is CCOC(=O)c1cnc2c(C(F)(F)F)cccc2c1NCCOCCO. The van der Waals surface area contributed by atoms with E-state index >= 15 is 0 Å². The van der Waals surface area contributed by atoms with Gasteiger partial charge in [0.2, 0.25) is 0 Å². The van der Waals surface area contributed by atoms with E-state index in [1.807, 2.05) is 0 Å². The number of anilines is 1. The molecule has 1 aromatic heterocycles. The van der Waals surface area contributed by atoms with E-state index in [2.05, 4.69) is 10.3 Å². The van der Waals surface area contributed by atoms with Crippen molar-refractivity contribution in [2.24, 2.45) is 0 Å². The van der Waals surface area contributed by atoms with Gasteiger partial charge in [0, 0.05) is 18.1 Å². The molecule has 1 heterocycles. The molecule has 0 atom stereocenters. The van der Waals surface area contributed by atoms with Gasteiger partial charge in [-0.05, 0) is 13.0 Å². The summed E-state index contributed by atoms with van der Waals surface area (Å²) in [7, 11) is 0. The zero-order valence-corrected chi connectivity index (χ0v) is 14.1. The van der Waals surface area contributed by atoms with E-state index in [1.165, 1.54) is 12.1 Å². The van der Waals surface area contributed by atoms with Crippen molar-refractivity contribution in [1.82, 2.24) is 4.98 Å². The van der Waals surface area contributed by atoms with Gasteiger partial charge < -0.3 is 19.9 Å². The Hall–Kier alpha value is -2.39. The third kappa shape index (κ3) is 4.61. The van der Waals surface area contributed by atoms with E-state index in [4.69, 9.17) is 14.6 Å². The molecule has 2 rings (SSSR count). The highest BCUT2D eigenvalue weighted by molar-refractivity contribution is 6.05. The van der Waals surface area contributed by atoms with Crippen LogP contribution < -0.4 is 5.32 Å². The number of benzene rings is 1. The zero-order valence-electron chi connectivity index (χ0n) is 14.1. The minimum absolute atomic E-state index is 0.0424. The molecular weight excluding hydrogens is 353 g/mol. The first kappa shape index (κ1) is 19.9. The van der Waals surface area contributed by atoms with E-state index < -0.39 is 17.7 Å². The number of halogens is 3. The van der Waals surface area contributed by atoms with E-state index in [0.717, 1.165) is 12.3 Å². The molecule has 0 saturated heterocycles. The van der Waals surface area contributed by atoms with Crippen molar-refractivity contribution < 1.29 is 32.5 Å². The molecule has 0 amide bonds. The van der Waals surface area contributed by atoms with Crippen LogP contribution in [0.3, 0.4) is 0 Å². The molecule has 142 valence electrons. The number of carbonyl (C=O) groups is 1. The number of nitrogens with zero attached hydrogens (tertiary/aromatic N) is 1. The van der Waals surface area contributed by atoms with Crippen LogP contribution in [0.25, 0.3) is 10.9 Å². The number of aliphatic hydroxyl groups excluding tert-OH is 1. The second kappa shape index (κ2) is 8.81. The van der Waals surface area contributed by atoms with Gasteiger partial charge in [-0.1, -0.05) is 12.1 Å². The Bertz CT molecular complexity index is 765. The Morgan fingerprint density at radius 2 is 2.08 bits per heavy atom. The standard InChI is InChI=1S/C17H19F3N2O4/c1-2-26-16(24)12-10-22-15-11(4-3-5-13(15)17(18,19)20)14(12)21-6-8-25-9-7-23/h3-5,10,23H,2,6-9H2,1H3,(H,21,22). The lowest BCUT2D eigenvalue weighted by atomic mass is 10.0. The summed E-state index contributed by atoms with van der Waals surface area (Å²) in [5.74, 6) is -0.682. The lowest BCUT2D eigenvalue weighted by molar-refractivity contribution is -0.136. The summed E-state index contributed by atoms with van der Waals surface area (Å²) in [4.78, 5) is 16.0. The summed E-state index contributed by atoms with van der Waals surface area (Å²) >= 11 is 0. The van der Waals surface area contributed by atoms with Gasteiger partial charge in [-0.15, -0.1) is 0 Å². The molecule has 1 aromatic carbocycles. The Labute approximate surface area is 147 Å². The van der Waals surface area contributed by atoms with Crippen LogP contribution in [0, 0.1) is 0 Å². The van der Waals surface area contributed by atoms with Gasteiger partial charge in [-0.3, -0.25) is 4.98 Å². The highest BCUT2D eigenvalue weighted by Crippen LogP contribution is 2.36. The van der Waals surface area contributed by atoms with Gasteiger partial charge in [0.25, 0.3) is 0 Å². The number of carbonyl (C=O) groups excluding carboxylic acids is 1. The molecular formula is C17H19F3N2O4. The van der Waals surface area contributed by atoms with E-state index in [9.17, 15) is 18.0 Å². The summed E-state index contributed by atoms with van der Waals surface area (Å²) in [5, 5.41) is 11.8. The molecule has 0 aliphatic rings. The van der Waals surface area contributed by atoms with Crippen molar-refractivity contribution in [1.29, 1.82) is 0 Å².